The van der Waals surface area contributed by atoms with Crippen LogP contribution in [-0.4, -0.2) is 24.7 Å². The van der Waals surface area contributed by atoms with Crippen LogP contribution in [-0.2, 0) is 13.0 Å². The molecule has 0 saturated carbocycles. The van der Waals surface area contributed by atoms with E-state index in [1.807, 2.05) is 29.0 Å². The molecule has 0 radical (unpaired) electrons. The summed E-state index contributed by atoms with van der Waals surface area (Å²) in [5, 5.41) is 15.8. The van der Waals surface area contributed by atoms with Crippen molar-refractivity contribution in [3.8, 4) is 10.7 Å². The van der Waals surface area contributed by atoms with Gasteiger partial charge in [0.15, 0.2) is 11.0 Å². The second-order valence-electron chi connectivity index (χ2n) is 5.99. The Balaban J connectivity index is 1.60. The van der Waals surface area contributed by atoms with Crippen LogP contribution in [0.15, 0.2) is 62.0 Å². The third kappa shape index (κ3) is 3.25. The summed E-state index contributed by atoms with van der Waals surface area (Å²) in [6, 6.07) is 9.99. The van der Waals surface area contributed by atoms with Crippen LogP contribution in [0.4, 0.5) is 0 Å². The molecule has 0 amide bonds. The smallest absolute Gasteiger partial charge is 0.198 e. The van der Waals surface area contributed by atoms with E-state index in [4.69, 9.17) is 9.40 Å². The summed E-state index contributed by atoms with van der Waals surface area (Å²) >= 11 is 4.80. The molecule has 5 aromatic rings. The number of thiophene rings is 2. The van der Waals surface area contributed by atoms with Gasteiger partial charge in [-0.1, -0.05) is 13.0 Å². The number of hydrogen-bond donors (Lipinski definition) is 0. The maximum Gasteiger partial charge on any atom is 0.198 e. The molecule has 6 nitrogen and oxygen atoms in total. The van der Waals surface area contributed by atoms with Gasteiger partial charge in [0.25, 0.3) is 0 Å². The lowest BCUT2D eigenvalue weighted by molar-refractivity contribution is 0.485. The lowest BCUT2D eigenvalue weighted by atomic mass is 10.4. The zero-order valence-electron chi connectivity index (χ0n) is 14.9. The van der Waals surface area contributed by atoms with E-state index in [0.717, 1.165) is 49.1 Å². The topological polar surface area (TPSA) is 69.6 Å². The van der Waals surface area contributed by atoms with Crippen molar-refractivity contribution in [3.63, 3.8) is 0 Å². The van der Waals surface area contributed by atoms with Crippen molar-refractivity contribution in [1.82, 2.24) is 24.7 Å². The molecule has 0 aromatic carbocycles. The Labute approximate surface area is 173 Å². The van der Waals surface area contributed by atoms with Gasteiger partial charge in [-0.3, -0.25) is 4.57 Å². The molecule has 5 aromatic heterocycles. The van der Waals surface area contributed by atoms with Crippen molar-refractivity contribution in [2.75, 3.05) is 0 Å². The first-order valence-corrected chi connectivity index (χ1v) is 11.3. The molecule has 28 heavy (non-hydrogen) atoms. The van der Waals surface area contributed by atoms with Gasteiger partial charge in [0.1, 0.15) is 21.4 Å². The van der Waals surface area contributed by atoms with E-state index in [2.05, 4.69) is 38.8 Å². The van der Waals surface area contributed by atoms with Gasteiger partial charge in [0.2, 0.25) is 0 Å². The zero-order chi connectivity index (χ0) is 18.9. The van der Waals surface area contributed by atoms with Crippen LogP contribution in [0.5, 0.6) is 0 Å². The van der Waals surface area contributed by atoms with Crippen molar-refractivity contribution in [3.05, 3.63) is 58.9 Å². The van der Waals surface area contributed by atoms with Crippen LogP contribution in [0.2, 0.25) is 0 Å². The maximum absolute atomic E-state index is 5.57. The van der Waals surface area contributed by atoms with Crippen LogP contribution in [0.3, 0.4) is 0 Å². The SMILES string of the molecule is CCc1nc(Sc2nnc(-c3cccs3)n2Cc2ccco2)c2ccsc2n1. The lowest BCUT2D eigenvalue weighted by Crippen LogP contribution is -2.03. The Morgan fingerprint density at radius 2 is 2.04 bits per heavy atom. The molecule has 0 fully saturated rings. The van der Waals surface area contributed by atoms with Gasteiger partial charge in [0, 0.05) is 11.8 Å². The predicted molar refractivity (Wildman–Crippen MR) is 112 cm³/mol. The molecule has 5 rings (SSSR count). The number of rotatable bonds is 6. The lowest BCUT2D eigenvalue weighted by Gasteiger charge is -2.08. The number of aromatic nitrogens is 5. The summed E-state index contributed by atoms with van der Waals surface area (Å²) in [5.41, 5.74) is 0. The normalized spacial score (nSPS) is 11.5. The van der Waals surface area contributed by atoms with Crippen molar-refractivity contribution in [2.24, 2.45) is 0 Å². The van der Waals surface area contributed by atoms with Crippen LogP contribution in [0.25, 0.3) is 20.9 Å². The Hall–Kier alpha value is -2.49. The monoisotopic (exact) mass is 425 g/mol. The van der Waals surface area contributed by atoms with Crippen molar-refractivity contribution >= 4 is 44.7 Å². The molecule has 0 atom stereocenters. The summed E-state index contributed by atoms with van der Waals surface area (Å²) < 4.78 is 7.66. The Bertz CT molecular complexity index is 1210. The van der Waals surface area contributed by atoms with E-state index in [1.54, 1.807) is 28.9 Å². The van der Waals surface area contributed by atoms with Crippen molar-refractivity contribution < 1.29 is 4.42 Å². The largest absolute Gasteiger partial charge is 0.467 e. The fraction of sp³-hybridized carbons (Fsp3) is 0.158. The minimum atomic E-state index is 0.564. The highest BCUT2D eigenvalue weighted by Crippen LogP contribution is 2.35. The van der Waals surface area contributed by atoms with Crippen molar-refractivity contribution in [1.29, 1.82) is 0 Å². The highest BCUT2D eigenvalue weighted by molar-refractivity contribution is 7.99. The molecule has 0 unspecified atom stereocenters. The molecule has 0 aliphatic heterocycles. The molecule has 0 aliphatic rings. The molecular formula is C19H15N5OS3. The first kappa shape index (κ1) is 17.6. The molecule has 0 aliphatic carbocycles. The van der Waals surface area contributed by atoms with Crippen LogP contribution in [0.1, 0.15) is 18.5 Å². The molecule has 5 heterocycles. The van der Waals surface area contributed by atoms with Gasteiger partial charge >= 0.3 is 0 Å². The minimum absolute atomic E-state index is 0.564. The first-order chi connectivity index (χ1) is 13.8. The average Bonchev–Trinajstić information content (AvgIpc) is 3.50. The van der Waals surface area contributed by atoms with E-state index >= 15 is 0 Å². The van der Waals surface area contributed by atoms with Crippen LogP contribution >= 0.6 is 34.4 Å². The van der Waals surface area contributed by atoms with Gasteiger partial charge in [0.05, 0.1) is 17.7 Å². The molecule has 140 valence electrons. The molecule has 9 heteroatoms. The van der Waals surface area contributed by atoms with E-state index in [0.29, 0.717) is 6.54 Å². The predicted octanol–water partition coefficient (Wildman–Crippen LogP) is 5.37. The second-order valence-corrected chi connectivity index (χ2v) is 8.79. The molecule has 0 spiro atoms. The van der Waals surface area contributed by atoms with E-state index in [9.17, 15) is 0 Å². The Kier molecular flexibility index (Phi) is 4.71. The average molecular weight is 426 g/mol. The second kappa shape index (κ2) is 7.50. The molecule has 0 N–H and O–H groups in total. The number of hydrogen-bond acceptors (Lipinski definition) is 8. The number of fused-ring (bicyclic) bond motifs is 1. The molecular weight excluding hydrogens is 410 g/mol. The summed E-state index contributed by atoms with van der Waals surface area (Å²) in [7, 11) is 0. The highest BCUT2D eigenvalue weighted by Gasteiger charge is 2.19. The van der Waals surface area contributed by atoms with E-state index in [1.165, 1.54) is 11.8 Å². The maximum atomic E-state index is 5.57. The van der Waals surface area contributed by atoms with Gasteiger partial charge < -0.3 is 4.42 Å². The van der Waals surface area contributed by atoms with E-state index in [-0.39, 0.29) is 0 Å². The van der Waals surface area contributed by atoms with Gasteiger partial charge in [-0.25, -0.2) is 9.97 Å². The first-order valence-electron chi connectivity index (χ1n) is 8.73. The summed E-state index contributed by atoms with van der Waals surface area (Å²) in [6.45, 7) is 2.63. The third-order valence-corrected chi connectivity index (χ3v) is 6.85. The fourth-order valence-corrected chi connectivity index (χ4v) is 5.35. The zero-order valence-corrected chi connectivity index (χ0v) is 17.4. The minimum Gasteiger partial charge on any atom is -0.467 e. The van der Waals surface area contributed by atoms with Crippen LogP contribution < -0.4 is 0 Å². The Morgan fingerprint density at radius 3 is 2.82 bits per heavy atom. The summed E-state index contributed by atoms with van der Waals surface area (Å²) in [6.07, 6.45) is 2.48. The summed E-state index contributed by atoms with van der Waals surface area (Å²) in [4.78, 5) is 11.5. The quantitative estimate of drug-likeness (QED) is 0.341. The number of furan rings is 1. The number of nitrogens with zero attached hydrogens (tertiary/aromatic N) is 5. The van der Waals surface area contributed by atoms with Gasteiger partial charge in [-0.05, 0) is 46.8 Å². The standard InChI is InChI=1S/C19H15N5OS3/c1-2-15-20-17-13(7-10-27-17)18(21-15)28-19-23-22-16(14-6-4-9-26-14)24(19)11-12-5-3-8-25-12/h3-10H,2,11H2,1H3. The molecule has 0 bridgehead atoms. The van der Waals surface area contributed by atoms with Gasteiger partial charge in [-0.2, -0.15) is 0 Å². The van der Waals surface area contributed by atoms with Crippen molar-refractivity contribution in [2.45, 2.75) is 30.1 Å². The third-order valence-electron chi connectivity index (χ3n) is 4.19. The Morgan fingerprint density at radius 1 is 1.07 bits per heavy atom. The van der Waals surface area contributed by atoms with Gasteiger partial charge in [-0.15, -0.1) is 32.9 Å². The van der Waals surface area contributed by atoms with Crippen LogP contribution in [0, 0.1) is 0 Å². The molecule has 0 saturated heterocycles. The fourth-order valence-electron chi connectivity index (χ4n) is 2.85. The van der Waals surface area contributed by atoms with E-state index < -0.39 is 0 Å². The highest BCUT2D eigenvalue weighted by atomic mass is 32.2. The number of aryl methyl sites for hydroxylation is 1. The summed E-state index contributed by atoms with van der Waals surface area (Å²) in [5.74, 6) is 2.53.